The molecule has 19 heavy (non-hydrogen) atoms. The van der Waals surface area contributed by atoms with E-state index in [9.17, 15) is 9.59 Å². The highest BCUT2D eigenvalue weighted by Crippen LogP contribution is 2.21. The van der Waals surface area contributed by atoms with Crippen LogP contribution in [0, 0.1) is 0 Å². The SMILES string of the molecule is CC(=O)N[C@@H](CSc1nccn2nccc12)C(=O)O. The molecule has 0 saturated carbocycles. The first kappa shape index (κ1) is 13.3. The standard InChI is InChI=1S/C11H12N4O3S/c1-7(16)14-8(11(17)18)6-19-10-9-2-3-13-15(9)5-4-12-10/h2-5,8H,6H2,1H3,(H,14,16)(H,17,18)/t8-/m0/s1. The van der Waals surface area contributed by atoms with Gasteiger partial charge in [0.25, 0.3) is 0 Å². The minimum Gasteiger partial charge on any atom is -0.480 e. The van der Waals surface area contributed by atoms with E-state index in [4.69, 9.17) is 5.11 Å². The number of hydrogen-bond acceptors (Lipinski definition) is 5. The Morgan fingerprint density at radius 3 is 3.00 bits per heavy atom. The summed E-state index contributed by atoms with van der Waals surface area (Å²) in [6.45, 7) is 1.29. The maximum Gasteiger partial charge on any atom is 0.327 e. The van der Waals surface area contributed by atoms with Crippen LogP contribution in [0.4, 0.5) is 0 Å². The fourth-order valence-electron chi connectivity index (χ4n) is 1.53. The number of amides is 1. The van der Waals surface area contributed by atoms with Gasteiger partial charge in [-0.2, -0.15) is 5.10 Å². The molecule has 8 heteroatoms. The number of carbonyl (C=O) groups is 2. The molecule has 0 aromatic carbocycles. The molecule has 1 atom stereocenters. The molecule has 0 saturated heterocycles. The second kappa shape index (κ2) is 5.70. The van der Waals surface area contributed by atoms with E-state index in [0.717, 1.165) is 5.52 Å². The lowest BCUT2D eigenvalue weighted by Gasteiger charge is -2.12. The van der Waals surface area contributed by atoms with Crippen molar-refractivity contribution in [2.45, 2.75) is 18.0 Å². The second-order valence-electron chi connectivity index (χ2n) is 3.80. The van der Waals surface area contributed by atoms with E-state index < -0.39 is 12.0 Å². The highest BCUT2D eigenvalue weighted by molar-refractivity contribution is 7.99. The van der Waals surface area contributed by atoms with Crippen molar-refractivity contribution in [1.29, 1.82) is 0 Å². The summed E-state index contributed by atoms with van der Waals surface area (Å²) in [7, 11) is 0. The third-order valence-corrected chi connectivity index (χ3v) is 3.44. The summed E-state index contributed by atoms with van der Waals surface area (Å²) in [5.74, 6) is -1.24. The summed E-state index contributed by atoms with van der Waals surface area (Å²) in [5.41, 5.74) is 0.805. The van der Waals surface area contributed by atoms with E-state index in [1.165, 1.54) is 18.7 Å². The number of carboxylic acid groups (broad SMARTS) is 1. The molecule has 0 aliphatic carbocycles. The van der Waals surface area contributed by atoms with Crippen molar-refractivity contribution in [3.05, 3.63) is 24.7 Å². The lowest BCUT2D eigenvalue weighted by Crippen LogP contribution is -2.41. The Morgan fingerprint density at radius 1 is 1.53 bits per heavy atom. The topological polar surface area (TPSA) is 96.6 Å². The van der Waals surface area contributed by atoms with E-state index in [2.05, 4.69) is 15.4 Å². The van der Waals surface area contributed by atoms with Gasteiger partial charge in [-0.15, -0.1) is 11.8 Å². The van der Waals surface area contributed by atoms with Gasteiger partial charge in [0.05, 0.1) is 11.7 Å². The van der Waals surface area contributed by atoms with E-state index in [1.807, 2.05) is 0 Å². The van der Waals surface area contributed by atoms with E-state index in [1.54, 1.807) is 29.2 Å². The number of fused-ring (bicyclic) bond motifs is 1. The van der Waals surface area contributed by atoms with Gasteiger partial charge in [-0.3, -0.25) is 4.79 Å². The van der Waals surface area contributed by atoms with Gasteiger partial charge in [0.2, 0.25) is 5.91 Å². The zero-order chi connectivity index (χ0) is 13.8. The highest BCUT2D eigenvalue weighted by atomic mass is 32.2. The van der Waals surface area contributed by atoms with Crippen LogP contribution >= 0.6 is 11.8 Å². The second-order valence-corrected chi connectivity index (χ2v) is 4.80. The molecule has 0 fully saturated rings. The fourth-order valence-corrected chi connectivity index (χ4v) is 2.52. The number of thioether (sulfide) groups is 1. The Hall–Kier alpha value is -2.09. The number of aromatic nitrogens is 3. The van der Waals surface area contributed by atoms with Crippen LogP contribution in [0.1, 0.15) is 6.92 Å². The van der Waals surface area contributed by atoms with Crippen LogP contribution in [0.3, 0.4) is 0 Å². The van der Waals surface area contributed by atoms with E-state index in [-0.39, 0.29) is 11.7 Å². The van der Waals surface area contributed by atoms with Crippen molar-refractivity contribution in [3.63, 3.8) is 0 Å². The molecule has 0 aliphatic rings. The average molecular weight is 280 g/mol. The Balaban J connectivity index is 2.10. The zero-order valence-corrected chi connectivity index (χ0v) is 10.9. The summed E-state index contributed by atoms with van der Waals surface area (Å²) >= 11 is 1.27. The summed E-state index contributed by atoms with van der Waals surface area (Å²) in [6, 6.07) is 0.858. The molecule has 0 bridgehead atoms. The lowest BCUT2D eigenvalue weighted by molar-refractivity contribution is -0.140. The first-order valence-electron chi connectivity index (χ1n) is 5.49. The molecule has 0 radical (unpaired) electrons. The van der Waals surface area contributed by atoms with Gasteiger partial charge in [-0.05, 0) is 6.07 Å². The Morgan fingerprint density at radius 2 is 2.32 bits per heavy atom. The van der Waals surface area contributed by atoms with Crippen LogP contribution in [-0.2, 0) is 9.59 Å². The van der Waals surface area contributed by atoms with Crippen molar-refractivity contribution in [1.82, 2.24) is 19.9 Å². The van der Waals surface area contributed by atoms with Gasteiger partial charge in [0.1, 0.15) is 11.1 Å². The van der Waals surface area contributed by atoms with Crippen molar-refractivity contribution >= 4 is 29.2 Å². The summed E-state index contributed by atoms with van der Waals surface area (Å²) in [6.07, 6.45) is 4.95. The molecule has 1 amide bonds. The number of rotatable bonds is 5. The molecular formula is C11H12N4O3S. The average Bonchev–Trinajstić information content (AvgIpc) is 2.82. The molecule has 2 N–H and O–H groups in total. The predicted octanol–water partition coefficient (Wildman–Crippen LogP) is 0.411. The first-order valence-corrected chi connectivity index (χ1v) is 6.47. The molecule has 0 aliphatic heterocycles. The minimum atomic E-state index is -1.07. The van der Waals surface area contributed by atoms with Crippen molar-refractivity contribution < 1.29 is 14.7 Å². The van der Waals surface area contributed by atoms with Gasteiger partial charge in [-0.1, -0.05) is 0 Å². The Labute approximate surface area is 113 Å². The zero-order valence-electron chi connectivity index (χ0n) is 10.1. The van der Waals surface area contributed by atoms with Gasteiger partial charge >= 0.3 is 5.97 Å². The van der Waals surface area contributed by atoms with Crippen LogP contribution in [0.15, 0.2) is 29.7 Å². The van der Waals surface area contributed by atoms with Crippen molar-refractivity contribution in [3.8, 4) is 0 Å². The molecule has 2 aromatic rings. The third kappa shape index (κ3) is 3.22. The molecule has 2 aromatic heterocycles. The van der Waals surface area contributed by atoms with Gasteiger partial charge < -0.3 is 10.4 Å². The fraction of sp³-hybridized carbons (Fsp3) is 0.273. The van der Waals surface area contributed by atoms with Crippen molar-refractivity contribution in [2.75, 3.05) is 5.75 Å². The Bertz CT molecular complexity index is 613. The summed E-state index contributed by atoms with van der Waals surface area (Å²) in [5, 5.41) is 16.1. The molecule has 100 valence electrons. The number of nitrogens with one attached hydrogen (secondary N) is 1. The Kier molecular flexibility index (Phi) is 4.00. The monoisotopic (exact) mass is 280 g/mol. The number of carbonyl (C=O) groups excluding carboxylic acids is 1. The molecule has 0 spiro atoms. The van der Waals surface area contributed by atoms with E-state index >= 15 is 0 Å². The van der Waals surface area contributed by atoms with E-state index in [0.29, 0.717) is 5.03 Å². The van der Waals surface area contributed by atoms with Crippen LogP contribution in [0.5, 0.6) is 0 Å². The maximum absolute atomic E-state index is 11.0. The van der Waals surface area contributed by atoms with Gasteiger partial charge in [0.15, 0.2) is 0 Å². The van der Waals surface area contributed by atoms with Crippen LogP contribution in [0.25, 0.3) is 5.52 Å². The maximum atomic E-state index is 11.0. The molecule has 0 unspecified atom stereocenters. The minimum absolute atomic E-state index is 0.201. The molecule has 2 heterocycles. The summed E-state index contributed by atoms with van der Waals surface area (Å²) in [4.78, 5) is 26.1. The normalized spacial score (nSPS) is 12.3. The number of hydrogen-bond donors (Lipinski definition) is 2. The van der Waals surface area contributed by atoms with Crippen LogP contribution in [-0.4, -0.2) is 43.4 Å². The largest absolute Gasteiger partial charge is 0.480 e. The first-order chi connectivity index (χ1) is 9.08. The van der Waals surface area contributed by atoms with Gasteiger partial charge in [0, 0.05) is 25.1 Å². The smallest absolute Gasteiger partial charge is 0.327 e. The van der Waals surface area contributed by atoms with Crippen LogP contribution in [0.2, 0.25) is 0 Å². The lowest BCUT2D eigenvalue weighted by atomic mass is 10.3. The number of carboxylic acids is 1. The molecule has 7 nitrogen and oxygen atoms in total. The quantitative estimate of drug-likeness (QED) is 0.770. The third-order valence-electron chi connectivity index (χ3n) is 2.35. The van der Waals surface area contributed by atoms with Crippen molar-refractivity contribution in [2.24, 2.45) is 0 Å². The number of nitrogens with zero attached hydrogens (tertiary/aromatic N) is 3. The molecular weight excluding hydrogens is 268 g/mol. The number of aliphatic carboxylic acids is 1. The molecule has 2 rings (SSSR count). The van der Waals surface area contributed by atoms with Crippen LogP contribution < -0.4 is 5.32 Å². The summed E-state index contributed by atoms with van der Waals surface area (Å²) < 4.78 is 1.66. The highest BCUT2D eigenvalue weighted by Gasteiger charge is 2.19. The predicted molar refractivity (Wildman–Crippen MR) is 69.0 cm³/mol. The van der Waals surface area contributed by atoms with Gasteiger partial charge in [-0.25, -0.2) is 14.3 Å².